The van der Waals surface area contributed by atoms with Crippen LogP contribution in [0.4, 0.5) is 0 Å². The van der Waals surface area contributed by atoms with E-state index >= 15 is 0 Å². The second kappa shape index (κ2) is 9.69. The average molecular weight is 439 g/mol. The minimum atomic E-state index is 0.0881. The first-order chi connectivity index (χ1) is 16.2. The van der Waals surface area contributed by atoms with Gasteiger partial charge in [0.1, 0.15) is 0 Å². The predicted octanol–water partition coefficient (Wildman–Crippen LogP) is 5.51. The van der Waals surface area contributed by atoms with Gasteiger partial charge >= 0.3 is 0 Å². The van der Waals surface area contributed by atoms with Gasteiger partial charge in [-0.3, -0.25) is 9.80 Å². The van der Waals surface area contributed by atoms with E-state index in [9.17, 15) is 0 Å². The van der Waals surface area contributed by atoms with Crippen LogP contribution in [0.25, 0.3) is 11.5 Å². The highest BCUT2D eigenvalue weighted by atomic mass is 16.4. The molecule has 0 spiro atoms. The summed E-state index contributed by atoms with van der Waals surface area (Å²) in [5.74, 6) is 1.27. The lowest BCUT2D eigenvalue weighted by atomic mass is 9.96. The van der Waals surface area contributed by atoms with E-state index in [0.29, 0.717) is 11.8 Å². The summed E-state index contributed by atoms with van der Waals surface area (Å²) in [6, 6.07) is 30.2. The molecule has 1 fully saturated rings. The summed E-state index contributed by atoms with van der Waals surface area (Å²) >= 11 is 0. The summed E-state index contributed by atoms with van der Waals surface area (Å²) < 4.78 is 6.08. The Morgan fingerprint density at radius 2 is 1.33 bits per heavy atom. The standard InChI is InChI=1S/C28H30N4O/c1-21-10-9-15-25(20-21)28-30-29-27(33-28)22(2)31-16-18-32(19-17-31)26(23-11-5-3-6-12-23)24-13-7-4-8-14-24/h3-15,20,22,26H,16-19H2,1-2H3. The summed E-state index contributed by atoms with van der Waals surface area (Å²) in [7, 11) is 0. The van der Waals surface area contributed by atoms with E-state index in [2.05, 4.69) is 107 Å². The molecule has 1 unspecified atom stereocenters. The van der Waals surface area contributed by atoms with Gasteiger partial charge in [0, 0.05) is 31.7 Å². The molecule has 0 N–H and O–H groups in total. The number of aromatic nitrogens is 2. The second-order valence-electron chi connectivity index (χ2n) is 8.79. The third-order valence-corrected chi connectivity index (χ3v) is 6.56. The van der Waals surface area contributed by atoms with Gasteiger partial charge in [-0.15, -0.1) is 10.2 Å². The molecule has 0 saturated carbocycles. The Balaban J connectivity index is 1.29. The van der Waals surface area contributed by atoms with Gasteiger partial charge in [-0.25, -0.2) is 0 Å². The highest BCUT2D eigenvalue weighted by Gasteiger charge is 2.30. The fourth-order valence-corrected chi connectivity index (χ4v) is 4.72. The van der Waals surface area contributed by atoms with Crippen LogP contribution in [0.1, 0.15) is 41.6 Å². The average Bonchev–Trinajstić information content (AvgIpc) is 3.36. The normalized spacial score (nSPS) is 16.2. The molecular weight excluding hydrogens is 408 g/mol. The summed E-state index contributed by atoms with van der Waals surface area (Å²) in [6.07, 6.45) is 0. The molecule has 2 heterocycles. The Hall–Kier alpha value is -3.28. The van der Waals surface area contributed by atoms with E-state index in [-0.39, 0.29) is 12.1 Å². The lowest BCUT2D eigenvalue weighted by Crippen LogP contribution is -2.48. The lowest BCUT2D eigenvalue weighted by Gasteiger charge is -2.41. The monoisotopic (exact) mass is 438 g/mol. The lowest BCUT2D eigenvalue weighted by molar-refractivity contribution is 0.0751. The minimum Gasteiger partial charge on any atom is -0.419 e. The molecule has 4 aromatic rings. The van der Waals surface area contributed by atoms with Crippen molar-refractivity contribution in [2.45, 2.75) is 25.9 Å². The summed E-state index contributed by atoms with van der Waals surface area (Å²) in [6.45, 7) is 8.12. The van der Waals surface area contributed by atoms with Crippen molar-refractivity contribution < 1.29 is 4.42 Å². The molecule has 1 saturated heterocycles. The predicted molar refractivity (Wildman–Crippen MR) is 131 cm³/mol. The van der Waals surface area contributed by atoms with Crippen LogP contribution in [0.15, 0.2) is 89.3 Å². The molecule has 168 valence electrons. The topological polar surface area (TPSA) is 45.4 Å². The van der Waals surface area contributed by atoms with Crippen LogP contribution >= 0.6 is 0 Å². The molecule has 33 heavy (non-hydrogen) atoms. The van der Waals surface area contributed by atoms with Crippen LogP contribution in [0.3, 0.4) is 0 Å². The van der Waals surface area contributed by atoms with Crippen molar-refractivity contribution in [1.82, 2.24) is 20.0 Å². The molecule has 5 nitrogen and oxygen atoms in total. The van der Waals surface area contributed by atoms with Gasteiger partial charge in [0.25, 0.3) is 0 Å². The van der Waals surface area contributed by atoms with Gasteiger partial charge in [-0.05, 0) is 37.1 Å². The number of piperazine rings is 1. The van der Waals surface area contributed by atoms with Crippen LogP contribution in [0.5, 0.6) is 0 Å². The molecule has 0 radical (unpaired) electrons. The highest BCUT2D eigenvalue weighted by Crippen LogP contribution is 2.31. The maximum Gasteiger partial charge on any atom is 0.247 e. The largest absolute Gasteiger partial charge is 0.419 e. The number of hydrogen-bond acceptors (Lipinski definition) is 5. The number of hydrogen-bond donors (Lipinski definition) is 0. The van der Waals surface area contributed by atoms with Gasteiger partial charge < -0.3 is 4.42 Å². The van der Waals surface area contributed by atoms with Crippen LogP contribution in [0.2, 0.25) is 0 Å². The van der Waals surface area contributed by atoms with E-state index in [1.165, 1.54) is 16.7 Å². The third-order valence-electron chi connectivity index (χ3n) is 6.56. The van der Waals surface area contributed by atoms with Crippen LogP contribution in [-0.2, 0) is 0 Å². The Kier molecular flexibility index (Phi) is 6.33. The van der Waals surface area contributed by atoms with Crippen LogP contribution in [0, 0.1) is 6.92 Å². The van der Waals surface area contributed by atoms with Crippen molar-refractivity contribution in [3.63, 3.8) is 0 Å². The molecular formula is C28H30N4O. The first kappa shape index (κ1) is 21.6. The van der Waals surface area contributed by atoms with Gasteiger partial charge in [0.15, 0.2) is 0 Å². The quantitative estimate of drug-likeness (QED) is 0.397. The SMILES string of the molecule is Cc1cccc(-c2nnc(C(C)N3CCN(C(c4ccccc4)c4ccccc4)CC3)o2)c1. The van der Waals surface area contributed by atoms with Gasteiger partial charge in [0.05, 0.1) is 12.1 Å². The maximum absolute atomic E-state index is 6.08. The Labute approximate surface area is 195 Å². The van der Waals surface area contributed by atoms with Crippen LogP contribution < -0.4 is 0 Å². The zero-order valence-corrected chi connectivity index (χ0v) is 19.3. The molecule has 5 rings (SSSR count). The first-order valence-electron chi connectivity index (χ1n) is 11.7. The van der Waals surface area contributed by atoms with E-state index < -0.39 is 0 Å². The summed E-state index contributed by atoms with van der Waals surface area (Å²) in [5.41, 5.74) is 4.83. The van der Waals surface area contributed by atoms with Crippen LogP contribution in [-0.4, -0.2) is 46.2 Å². The zero-order valence-electron chi connectivity index (χ0n) is 19.3. The van der Waals surface area contributed by atoms with Crippen molar-refractivity contribution in [2.24, 2.45) is 0 Å². The van der Waals surface area contributed by atoms with E-state index in [1.54, 1.807) is 0 Å². The smallest absolute Gasteiger partial charge is 0.247 e. The molecule has 1 aliphatic heterocycles. The molecule has 0 amide bonds. The van der Waals surface area contributed by atoms with Crippen molar-refractivity contribution >= 4 is 0 Å². The Morgan fingerprint density at radius 3 is 1.94 bits per heavy atom. The van der Waals surface area contributed by atoms with Gasteiger partial charge in [-0.1, -0.05) is 78.4 Å². The fourth-order valence-electron chi connectivity index (χ4n) is 4.72. The van der Waals surface area contributed by atoms with E-state index in [4.69, 9.17) is 4.42 Å². The van der Waals surface area contributed by atoms with Gasteiger partial charge in [-0.2, -0.15) is 0 Å². The second-order valence-corrected chi connectivity index (χ2v) is 8.79. The highest BCUT2D eigenvalue weighted by molar-refractivity contribution is 5.53. The molecule has 1 atom stereocenters. The van der Waals surface area contributed by atoms with E-state index in [0.717, 1.165) is 31.7 Å². The van der Waals surface area contributed by atoms with Crippen molar-refractivity contribution in [1.29, 1.82) is 0 Å². The van der Waals surface area contributed by atoms with Crippen molar-refractivity contribution in [2.75, 3.05) is 26.2 Å². The number of benzene rings is 3. The van der Waals surface area contributed by atoms with Gasteiger partial charge in [0.2, 0.25) is 11.8 Å². The number of rotatable bonds is 6. The zero-order chi connectivity index (χ0) is 22.6. The Morgan fingerprint density at radius 1 is 0.727 bits per heavy atom. The Bertz CT molecular complexity index is 1130. The van der Waals surface area contributed by atoms with Crippen molar-refractivity contribution in [3.05, 3.63) is 108 Å². The minimum absolute atomic E-state index is 0.0881. The number of aryl methyl sites for hydroxylation is 1. The molecule has 3 aromatic carbocycles. The molecule has 1 aromatic heterocycles. The molecule has 1 aliphatic rings. The maximum atomic E-state index is 6.08. The molecule has 5 heteroatoms. The summed E-state index contributed by atoms with van der Waals surface area (Å²) in [4.78, 5) is 5.02. The summed E-state index contributed by atoms with van der Waals surface area (Å²) in [5, 5.41) is 8.69. The van der Waals surface area contributed by atoms with E-state index in [1.807, 2.05) is 12.1 Å². The molecule has 0 bridgehead atoms. The first-order valence-corrected chi connectivity index (χ1v) is 11.7. The third kappa shape index (κ3) is 4.75. The molecule has 0 aliphatic carbocycles. The number of nitrogens with zero attached hydrogens (tertiary/aromatic N) is 4. The fraction of sp³-hybridized carbons (Fsp3) is 0.286. The van der Waals surface area contributed by atoms with Crippen molar-refractivity contribution in [3.8, 4) is 11.5 Å².